The molecule has 0 aliphatic carbocycles. The third-order valence-corrected chi connectivity index (χ3v) is 6.26. The Morgan fingerprint density at radius 1 is 1.00 bits per heavy atom. The molecule has 1 unspecified atom stereocenters. The fourth-order valence-electron chi connectivity index (χ4n) is 4.25. The number of rotatable bonds is 6. The zero-order valence-corrected chi connectivity index (χ0v) is 18.8. The number of carbonyl (C=O) groups is 1. The molecule has 164 valence electrons. The summed E-state index contributed by atoms with van der Waals surface area (Å²) in [6.45, 7) is 10.3. The SMILES string of the molecule is CC(C)c1ccc(C(NC(=O)C2CCN(c3ccc4nncn4n3)CC2)C(C)C)cc1. The van der Waals surface area contributed by atoms with Gasteiger partial charge in [-0.15, -0.1) is 15.3 Å². The summed E-state index contributed by atoms with van der Waals surface area (Å²) in [5.41, 5.74) is 3.24. The van der Waals surface area contributed by atoms with Crippen molar-refractivity contribution in [3.05, 3.63) is 53.9 Å². The van der Waals surface area contributed by atoms with Gasteiger partial charge in [0.05, 0.1) is 6.04 Å². The van der Waals surface area contributed by atoms with E-state index in [4.69, 9.17) is 0 Å². The molecular formula is C24H32N6O. The second-order valence-corrected chi connectivity index (χ2v) is 9.14. The summed E-state index contributed by atoms with van der Waals surface area (Å²) in [5.74, 6) is 1.93. The standard InChI is InChI=1S/C24H32N6O/c1-16(2)18-5-7-19(8-6-18)23(17(3)4)26-24(31)20-11-13-29(14-12-20)22-10-9-21-27-25-15-30(21)28-22/h5-10,15-17,20,23H,11-14H2,1-4H3,(H,26,31). The van der Waals surface area contributed by atoms with Gasteiger partial charge in [-0.25, -0.2) is 0 Å². The molecule has 1 amide bonds. The highest BCUT2D eigenvalue weighted by molar-refractivity contribution is 5.79. The molecule has 0 bridgehead atoms. The second-order valence-electron chi connectivity index (χ2n) is 9.14. The summed E-state index contributed by atoms with van der Waals surface area (Å²) in [4.78, 5) is 15.3. The Balaban J connectivity index is 1.37. The summed E-state index contributed by atoms with van der Waals surface area (Å²) in [6.07, 6.45) is 3.26. The van der Waals surface area contributed by atoms with Crippen LogP contribution in [-0.4, -0.2) is 38.8 Å². The van der Waals surface area contributed by atoms with Gasteiger partial charge >= 0.3 is 0 Å². The lowest BCUT2D eigenvalue weighted by Crippen LogP contribution is -2.42. The Hall–Kier alpha value is -2.96. The predicted octanol–water partition coefficient (Wildman–Crippen LogP) is 3.98. The first kappa shape index (κ1) is 21.3. The molecule has 2 aromatic heterocycles. The van der Waals surface area contributed by atoms with Crippen LogP contribution in [0.1, 0.15) is 63.6 Å². The Bertz CT molecular complexity index is 1020. The van der Waals surface area contributed by atoms with Crippen molar-refractivity contribution in [1.82, 2.24) is 25.1 Å². The van der Waals surface area contributed by atoms with E-state index in [0.29, 0.717) is 11.8 Å². The average molecular weight is 421 g/mol. The summed E-state index contributed by atoms with van der Waals surface area (Å²) in [7, 11) is 0. The fourth-order valence-corrected chi connectivity index (χ4v) is 4.25. The number of hydrogen-bond acceptors (Lipinski definition) is 5. The predicted molar refractivity (Wildman–Crippen MR) is 122 cm³/mol. The Labute approximate surface area is 183 Å². The number of anilines is 1. The van der Waals surface area contributed by atoms with Crippen LogP contribution in [-0.2, 0) is 4.79 Å². The number of nitrogens with one attached hydrogen (secondary N) is 1. The lowest BCUT2D eigenvalue weighted by molar-refractivity contribution is -0.126. The molecule has 1 atom stereocenters. The normalized spacial score (nSPS) is 16.3. The molecule has 31 heavy (non-hydrogen) atoms. The van der Waals surface area contributed by atoms with E-state index in [1.165, 1.54) is 11.1 Å². The highest BCUT2D eigenvalue weighted by atomic mass is 16.2. The van der Waals surface area contributed by atoms with Crippen LogP contribution in [0.5, 0.6) is 0 Å². The van der Waals surface area contributed by atoms with Gasteiger partial charge in [0.15, 0.2) is 5.65 Å². The smallest absolute Gasteiger partial charge is 0.223 e. The highest BCUT2D eigenvalue weighted by Crippen LogP contribution is 2.27. The van der Waals surface area contributed by atoms with Gasteiger partial charge in [-0.3, -0.25) is 4.79 Å². The lowest BCUT2D eigenvalue weighted by Gasteiger charge is -2.33. The molecule has 4 rings (SSSR count). The van der Waals surface area contributed by atoms with E-state index in [1.54, 1.807) is 10.8 Å². The van der Waals surface area contributed by atoms with Crippen LogP contribution in [0.3, 0.4) is 0 Å². The molecule has 0 saturated carbocycles. The van der Waals surface area contributed by atoms with Crippen molar-refractivity contribution >= 4 is 17.4 Å². The molecule has 1 saturated heterocycles. The number of hydrogen-bond donors (Lipinski definition) is 1. The maximum Gasteiger partial charge on any atom is 0.223 e. The molecule has 7 heteroatoms. The van der Waals surface area contributed by atoms with E-state index in [-0.39, 0.29) is 17.9 Å². The van der Waals surface area contributed by atoms with Gasteiger partial charge < -0.3 is 10.2 Å². The molecule has 1 fully saturated rings. The number of aromatic nitrogens is 4. The number of amides is 1. The number of piperidine rings is 1. The molecule has 3 heterocycles. The summed E-state index contributed by atoms with van der Waals surface area (Å²) in [6, 6.07) is 12.6. The first-order valence-corrected chi connectivity index (χ1v) is 11.2. The van der Waals surface area contributed by atoms with Gasteiger partial charge in [0, 0.05) is 19.0 Å². The van der Waals surface area contributed by atoms with E-state index in [2.05, 4.69) is 77.5 Å². The molecular weight excluding hydrogens is 388 g/mol. The van der Waals surface area contributed by atoms with Crippen LogP contribution >= 0.6 is 0 Å². The largest absolute Gasteiger partial charge is 0.355 e. The minimum atomic E-state index is 0.0320. The van der Waals surface area contributed by atoms with Crippen LogP contribution < -0.4 is 10.2 Å². The third-order valence-electron chi connectivity index (χ3n) is 6.26. The van der Waals surface area contributed by atoms with E-state index >= 15 is 0 Å². The number of fused-ring (bicyclic) bond motifs is 1. The molecule has 1 aromatic carbocycles. The monoisotopic (exact) mass is 420 g/mol. The fraction of sp³-hybridized carbons (Fsp3) is 0.500. The quantitative estimate of drug-likeness (QED) is 0.653. The van der Waals surface area contributed by atoms with Crippen molar-refractivity contribution in [3.8, 4) is 0 Å². The number of carbonyl (C=O) groups excluding carboxylic acids is 1. The summed E-state index contributed by atoms with van der Waals surface area (Å²) >= 11 is 0. The van der Waals surface area contributed by atoms with Gasteiger partial charge in [-0.1, -0.05) is 52.0 Å². The highest BCUT2D eigenvalue weighted by Gasteiger charge is 2.28. The Morgan fingerprint density at radius 2 is 1.68 bits per heavy atom. The minimum Gasteiger partial charge on any atom is -0.355 e. The van der Waals surface area contributed by atoms with Gasteiger partial charge in [0.1, 0.15) is 12.1 Å². The minimum absolute atomic E-state index is 0.0320. The van der Waals surface area contributed by atoms with E-state index in [0.717, 1.165) is 37.4 Å². The molecule has 1 aliphatic rings. The Kier molecular flexibility index (Phi) is 6.20. The summed E-state index contributed by atoms with van der Waals surface area (Å²) in [5, 5.41) is 15.8. The number of benzene rings is 1. The van der Waals surface area contributed by atoms with Crippen molar-refractivity contribution < 1.29 is 4.79 Å². The van der Waals surface area contributed by atoms with Gasteiger partial charge in [-0.05, 0) is 47.9 Å². The molecule has 3 aromatic rings. The maximum absolute atomic E-state index is 13.1. The van der Waals surface area contributed by atoms with Crippen LogP contribution in [0.15, 0.2) is 42.7 Å². The van der Waals surface area contributed by atoms with Crippen LogP contribution in [0.25, 0.3) is 5.65 Å². The molecule has 1 aliphatic heterocycles. The first-order chi connectivity index (χ1) is 14.9. The van der Waals surface area contributed by atoms with E-state index < -0.39 is 0 Å². The van der Waals surface area contributed by atoms with Crippen molar-refractivity contribution in [2.45, 2.75) is 52.5 Å². The van der Waals surface area contributed by atoms with Crippen molar-refractivity contribution in [1.29, 1.82) is 0 Å². The Morgan fingerprint density at radius 3 is 2.32 bits per heavy atom. The number of nitrogens with zero attached hydrogens (tertiary/aromatic N) is 5. The second kappa shape index (κ2) is 9.04. The zero-order chi connectivity index (χ0) is 22.0. The van der Waals surface area contributed by atoms with E-state index in [1.807, 2.05) is 12.1 Å². The van der Waals surface area contributed by atoms with Crippen LogP contribution in [0.4, 0.5) is 5.82 Å². The summed E-state index contributed by atoms with van der Waals surface area (Å²) < 4.78 is 1.69. The zero-order valence-electron chi connectivity index (χ0n) is 18.8. The topological polar surface area (TPSA) is 75.4 Å². The lowest BCUT2D eigenvalue weighted by atomic mass is 9.91. The van der Waals surface area contributed by atoms with Gasteiger partial charge in [0.25, 0.3) is 0 Å². The first-order valence-electron chi connectivity index (χ1n) is 11.2. The van der Waals surface area contributed by atoms with Crippen molar-refractivity contribution in [2.24, 2.45) is 11.8 Å². The third kappa shape index (κ3) is 4.70. The molecule has 0 radical (unpaired) electrons. The van der Waals surface area contributed by atoms with Crippen molar-refractivity contribution in [2.75, 3.05) is 18.0 Å². The van der Waals surface area contributed by atoms with Crippen LogP contribution in [0.2, 0.25) is 0 Å². The van der Waals surface area contributed by atoms with Crippen LogP contribution in [0, 0.1) is 11.8 Å². The van der Waals surface area contributed by atoms with E-state index in [9.17, 15) is 4.79 Å². The van der Waals surface area contributed by atoms with Crippen molar-refractivity contribution in [3.63, 3.8) is 0 Å². The maximum atomic E-state index is 13.1. The van der Waals surface area contributed by atoms with Gasteiger partial charge in [-0.2, -0.15) is 4.52 Å². The van der Waals surface area contributed by atoms with Gasteiger partial charge in [0.2, 0.25) is 5.91 Å². The molecule has 7 nitrogen and oxygen atoms in total. The average Bonchev–Trinajstić information content (AvgIpc) is 3.25. The molecule has 0 spiro atoms. The molecule has 1 N–H and O–H groups in total.